The Hall–Kier alpha value is -1.06. The van der Waals surface area contributed by atoms with Gasteiger partial charge in [0.2, 0.25) is 11.8 Å². The van der Waals surface area contributed by atoms with Crippen LogP contribution in [0.1, 0.15) is 65.7 Å². The Morgan fingerprint density at radius 2 is 1.45 bits per heavy atom. The Bertz CT molecular complexity index is 365. The Kier molecular flexibility index (Phi) is 4.71. The molecule has 2 amide bonds. The van der Waals surface area contributed by atoms with Crippen LogP contribution in [0.25, 0.3) is 0 Å². The van der Waals surface area contributed by atoms with Crippen molar-refractivity contribution in [2.75, 3.05) is 0 Å². The fourth-order valence-electron chi connectivity index (χ4n) is 2.97. The lowest BCUT2D eigenvalue weighted by molar-refractivity contribution is -0.128. The number of carbonyl (C=O) groups excluding carboxylic acids is 2. The Labute approximate surface area is 122 Å². The molecule has 114 valence electrons. The van der Waals surface area contributed by atoms with Crippen molar-refractivity contribution in [3.05, 3.63) is 0 Å². The van der Waals surface area contributed by atoms with Crippen LogP contribution in [-0.2, 0) is 9.59 Å². The molecule has 0 bridgehead atoms. The summed E-state index contributed by atoms with van der Waals surface area (Å²) < 4.78 is 0. The summed E-state index contributed by atoms with van der Waals surface area (Å²) in [6.45, 7) is 5.90. The van der Waals surface area contributed by atoms with Crippen molar-refractivity contribution in [2.24, 2.45) is 11.8 Å². The SMILES string of the molecule is CC(C)(C)NC(=O)C1CC1C(=O)NC1CCCCCC1. The first-order valence-electron chi connectivity index (χ1n) is 7.99. The minimum atomic E-state index is -0.220. The van der Waals surface area contributed by atoms with Gasteiger partial charge < -0.3 is 10.6 Å². The van der Waals surface area contributed by atoms with Crippen molar-refractivity contribution in [3.63, 3.8) is 0 Å². The maximum atomic E-state index is 12.2. The van der Waals surface area contributed by atoms with Crippen LogP contribution in [-0.4, -0.2) is 23.4 Å². The Balaban J connectivity index is 1.76. The van der Waals surface area contributed by atoms with Gasteiger partial charge in [0.15, 0.2) is 0 Å². The molecule has 0 aromatic heterocycles. The maximum Gasteiger partial charge on any atom is 0.224 e. The van der Waals surface area contributed by atoms with Crippen LogP contribution in [0.2, 0.25) is 0 Å². The van der Waals surface area contributed by atoms with E-state index in [1.54, 1.807) is 0 Å². The van der Waals surface area contributed by atoms with Crippen molar-refractivity contribution >= 4 is 11.8 Å². The van der Waals surface area contributed by atoms with Crippen LogP contribution in [0.4, 0.5) is 0 Å². The van der Waals surface area contributed by atoms with Gasteiger partial charge in [0.05, 0.1) is 11.8 Å². The summed E-state index contributed by atoms with van der Waals surface area (Å²) in [6, 6.07) is 0.330. The summed E-state index contributed by atoms with van der Waals surface area (Å²) in [5.41, 5.74) is -0.220. The molecule has 0 aromatic carbocycles. The van der Waals surface area contributed by atoms with E-state index in [9.17, 15) is 9.59 Å². The smallest absolute Gasteiger partial charge is 0.224 e. The van der Waals surface area contributed by atoms with E-state index in [0.717, 1.165) is 12.8 Å². The summed E-state index contributed by atoms with van der Waals surface area (Å²) in [5.74, 6) is -0.0925. The van der Waals surface area contributed by atoms with Gasteiger partial charge in [-0.15, -0.1) is 0 Å². The summed E-state index contributed by atoms with van der Waals surface area (Å²) in [7, 11) is 0. The topological polar surface area (TPSA) is 58.2 Å². The van der Waals surface area contributed by atoms with Gasteiger partial charge in [-0.25, -0.2) is 0 Å². The average molecular weight is 280 g/mol. The quantitative estimate of drug-likeness (QED) is 0.780. The van der Waals surface area contributed by atoms with E-state index in [0.29, 0.717) is 12.5 Å². The first kappa shape index (κ1) is 15.3. The van der Waals surface area contributed by atoms with Crippen LogP contribution in [0.15, 0.2) is 0 Å². The number of hydrogen-bond acceptors (Lipinski definition) is 2. The normalized spacial score (nSPS) is 27.6. The van der Waals surface area contributed by atoms with E-state index in [4.69, 9.17) is 0 Å². The highest BCUT2D eigenvalue weighted by molar-refractivity contribution is 5.92. The molecule has 4 nitrogen and oxygen atoms in total. The van der Waals surface area contributed by atoms with Gasteiger partial charge in [-0.3, -0.25) is 9.59 Å². The average Bonchev–Trinajstić information content (AvgIpc) is 3.11. The van der Waals surface area contributed by atoms with Crippen LogP contribution >= 0.6 is 0 Å². The van der Waals surface area contributed by atoms with E-state index in [-0.39, 0.29) is 29.2 Å². The predicted molar refractivity (Wildman–Crippen MR) is 79.1 cm³/mol. The molecular formula is C16H28N2O2. The zero-order valence-electron chi connectivity index (χ0n) is 13.0. The molecule has 2 rings (SSSR count). The monoisotopic (exact) mass is 280 g/mol. The second kappa shape index (κ2) is 6.15. The lowest BCUT2D eigenvalue weighted by Gasteiger charge is -2.20. The third kappa shape index (κ3) is 4.50. The first-order valence-corrected chi connectivity index (χ1v) is 7.99. The van der Waals surface area contributed by atoms with Crippen LogP contribution < -0.4 is 10.6 Å². The van der Waals surface area contributed by atoms with Crippen LogP contribution in [0.3, 0.4) is 0 Å². The molecule has 4 heteroatoms. The predicted octanol–water partition coefficient (Wildman–Crippen LogP) is 2.38. The van der Waals surface area contributed by atoms with Gasteiger partial charge in [0, 0.05) is 11.6 Å². The molecule has 0 aliphatic heterocycles. The van der Waals surface area contributed by atoms with Crippen molar-refractivity contribution in [3.8, 4) is 0 Å². The summed E-state index contributed by atoms with van der Waals surface area (Å²) >= 11 is 0. The highest BCUT2D eigenvalue weighted by atomic mass is 16.2. The lowest BCUT2D eigenvalue weighted by atomic mass is 10.1. The molecule has 2 N–H and O–H groups in total. The zero-order valence-corrected chi connectivity index (χ0v) is 13.0. The molecule has 0 aromatic rings. The molecule has 2 aliphatic carbocycles. The van der Waals surface area contributed by atoms with Crippen LogP contribution in [0.5, 0.6) is 0 Å². The molecule has 2 fully saturated rings. The molecule has 0 spiro atoms. The van der Waals surface area contributed by atoms with Gasteiger partial charge in [-0.2, -0.15) is 0 Å². The van der Waals surface area contributed by atoms with Crippen molar-refractivity contribution < 1.29 is 9.59 Å². The number of hydrogen-bond donors (Lipinski definition) is 2. The highest BCUT2D eigenvalue weighted by Crippen LogP contribution is 2.39. The summed E-state index contributed by atoms with van der Waals surface area (Å²) in [4.78, 5) is 24.2. The standard InChI is InChI=1S/C16H28N2O2/c1-16(2,3)18-15(20)13-10-12(13)14(19)17-11-8-6-4-5-7-9-11/h11-13H,4-10H2,1-3H3,(H,17,19)(H,18,20). The first-order chi connectivity index (χ1) is 9.37. The van der Waals surface area contributed by atoms with Crippen molar-refractivity contribution in [1.29, 1.82) is 0 Å². The Morgan fingerprint density at radius 3 is 2.00 bits per heavy atom. The molecule has 0 radical (unpaired) electrons. The van der Waals surface area contributed by atoms with Gasteiger partial charge >= 0.3 is 0 Å². The van der Waals surface area contributed by atoms with E-state index < -0.39 is 0 Å². The fourth-order valence-corrected chi connectivity index (χ4v) is 2.97. The molecular weight excluding hydrogens is 252 g/mol. The molecule has 2 unspecified atom stereocenters. The summed E-state index contributed by atoms with van der Waals surface area (Å²) in [6.07, 6.45) is 7.89. The highest BCUT2D eigenvalue weighted by Gasteiger charge is 2.48. The van der Waals surface area contributed by atoms with E-state index in [1.807, 2.05) is 20.8 Å². The number of rotatable bonds is 3. The number of amides is 2. The Morgan fingerprint density at radius 1 is 0.900 bits per heavy atom. The van der Waals surface area contributed by atoms with Gasteiger partial charge in [-0.1, -0.05) is 25.7 Å². The van der Waals surface area contributed by atoms with Crippen molar-refractivity contribution in [2.45, 2.75) is 77.3 Å². The second-order valence-electron chi connectivity index (χ2n) is 7.39. The number of nitrogens with one attached hydrogen (secondary N) is 2. The van der Waals surface area contributed by atoms with E-state index in [1.165, 1.54) is 25.7 Å². The summed E-state index contributed by atoms with van der Waals surface area (Å²) in [5, 5.41) is 6.11. The molecule has 20 heavy (non-hydrogen) atoms. The van der Waals surface area contributed by atoms with Crippen molar-refractivity contribution in [1.82, 2.24) is 10.6 Å². The molecule has 0 heterocycles. The second-order valence-corrected chi connectivity index (χ2v) is 7.39. The molecule has 2 atom stereocenters. The minimum Gasteiger partial charge on any atom is -0.353 e. The third-order valence-electron chi connectivity index (χ3n) is 4.16. The largest absolute Gasteiger partial charge is 0.353 e. The van der Waals surface area contributed by atoms with E-state index >= 15 is 0 Å². The third-order valence-corrected chi connectivity index (χ3v) is 4.16. The van der Waals surface area contributed by atoms with Crippen LogP contribution in [0, 0.1) is 11.8 Å². The molecule has 2 saturated carbocycles. The zero-order chi connectivity index (χ0) is 14.8. The minimum absolute atomic E-state index is 0.0264. The van der Waals surface area contributed by atoms with E-state index in [2.05, 4.69) is 10.6 Å². The molecule has 2 aliphatic rings. The van der Waals surface area contributed by atoms with Gasteiger partial charge in [0.1, 0.15) is 0 Å². The fraction of sp³-hybridized carbons (Fsp3) is 0.875. The lowest BCUT2D eigenvalue weighted by Crippen LogP contribution is -2.42. The van der Waals surface area contributed by atoms with Gasteiger partial charge in [0.25, 0.3) is 0 Å². The van der Waals surface area contributed by atoms with Gasteiger partial charge in [-0.05, 0) is 40.0 Å². The number of carbonyl (C=O) groups is 2. The maximum absolute atomic E-state index is 12.2. The molecule has 0 saturated heterocycles.